The first-order valence-corrected chi connectivity index (χ1v) is 8.58. The molecule has 3 aromatic rings. The van der Waals surface area contributed by atoms with Gasteiger partial charge in [-0.1, -0.05) is 30.3 Å². The van der Waals surface area contributed by atoms with Crippen molar-refractivity contribution >= 4 is 5.91 Å². The number of hydrogen-bond donors (Lipinski definition) is 0. The second-order valence-corrected chi connectivity index (χ2v) is 6.43. The Morgan fingerprint density at radius 2 is 2.00 bits per heavy atom. The van der Waals surface area contributed by atoms with E-state index in [2.05, 4.69) is 39.1 Å². The SMILES string of the molecule is CN1CCN(C(=O)c2ccnc(-n3cncn3)c2)[C@@H](c2ccccc2)C1. The van der Waals surface area contributed by atoms with Gasteiger partial charge in [0.1, 0.15) is 12.7 Å². The number of carbonyl (C=O) groups excluding carboxylic acids is 1. The van der Waals surface area contributed by atoms with Gasteiger partial charge in [-0.2, -0.15) is 5.10 Å². The van der Waals surface area contributed by atoms with Crippen molar-refractivity contribution in [2.24, 2.45) is 0 Å². The molecule has 7 heteroatoms. The number of aromatic nitrogens is 4. The molecule has 26 heavy (non-hydrogen) atoms. The van der Waals surface area contributed by atoms with Gasteiger partial charge < -0.3 is 9.80 Å². The van der Waals surface area contributed by atoms with Gasteiger partial charge >= 0.3 is 0 Å². The van der Waals surface area contributed by atoms with Crippen LogP contribution in [-0.4, -0.2) is 62.1 Å². The zero-order valence-electron chi connectivity index (χ0n) is 14.6. The Balaban J connectivity index is 1.65. The smallest absolute Gasteiger partial charge is 0.254 e. The number of piperazine rings is 1. The molecule has 1 aliphatic rings. The van der Waals surface area contributed by atoms with Crippen molar-refractivity contribution in [3.8, 4) is 5.82 Å². The van der Waals surface area contributed by atoms with Crippen molar-refractivity contribution < 1.29 is 4.79 Å². The lowest BCUT2D eigenvalue weighted by atomic mass is 10.0. The van der Waals surface area contributed by atoms with Gasteiger partial charge in [0, 0.05) is 31.4 Å². The molecule has 1 atom stereocenters. The van der Waals surface area contributed by atoms with Crippen LogP contribution in [-0.2, 0) is 0 Å². The van der Waals surface area contributed by atoms with Crippen molar-refractivity contribution in [1.82, 2.24) is 29.5 Å². The Hall–Kier alpha value is -3.06. The van der Waals surface area contributed by atoms with Crippen LogP contribution in [0.5, 0.6) is 0 Å². The number of pyridine rings is 1. The first-order valence-electron chi connectivity index (χ1n) is 8.58. The summed E-state index contributed by atoms with van der Waals surface area (Å²) in [4.78, 5) is 25.7. The molecule has 1 aromatic carbocycles. The predicted octanol–water partition coefficient (Wildman–Crippen LogP) is 1.79. The number of benzene rings is 1. The van der Waals surface area contributed by atoms with E-state index in [1.807, 2.05) is 23.1 Å². The maximum Gasteiger partial charge on any atom is 0.254 e. The minimum atomic E-state index is 0.00992. The number of carbonyl (C=O) groups is 1. The van der Waals surface area contributed by atoms with Crippen molar-refractivity contribution in [1.29, 1.82) is 0 Å². The average molecular weight is 348 g/mol. The van der Waals surface area contributed by atoms with Crippen LogP contribution in [0.15, 0.2) is 61.3 Å². The number of likely N-dealkylation sites (N-methyl/N-ethyl adjacent to an activating group) is 1. The second kappa shape index (κ2) is 7.05. The molecular formula is C19H20N6O. The molecule has 1 amide bonds. The van der Waals surface area contributed by atoms with Crippen LogP contribution in [0.25, 0.3) is 5.82 Å². The summed E-state index contributed by atoms with van der Waals surface area (Å²) in [5.41, 5.74) is 1.76. The molecule has 0 unspecified atom stereocenters. The van der Waals surface area contributed by atoms with Gasteiger partial charge in [0.2, 0.25) is 0 Å². The third-order valence-corrected chi connectivity index (χ3v) is 4.67. The summed E-state index contributed by atoms with van der Waals surface area (Å²) in [5.74, 6) is 0.592. The number of amides is 1. The fourth-order valence-electron chi connectivity index (χ4n) is 3.29. The topological polar surface area (TPSA) is 67.2 Å². The van der Waals surface area contributed by atoms with Crippen molar-refractivity contribution in [2.75, 3.05) is 26.7 Å². The standard InChI is InChI=1S/C19H20N6O/c1-23-9-10-24(17(12-23)15-5-3-2-4-6-15)19(26)16-7-8-21-18(11-16)25-14-20-13-22-25/h2-8,11,13-14,17H,9-10,12H2,1H3/t17-/m1/s1. The largest absolute Gasteiger partial charge is 0.329 e. The highest BCUT2D eigenvalue weighted by Gasteiger charge is 2.31. The molecule has 7 nitrogen and oxygen atoms in total. The van der Waals surface area contributed by atoms with Crippen LogP contribution >= 0.6 is 0 Å². The minimum absolute atomic E-state index is 0.00992. The van der Waals surface area contributed by atoms with E-state index in [1.54, 1.807) is 29.3 Å². The zero-order valence-corrected chi connectivity index (χ0v) is 14.6. The van der Waals surface area contributed by atoms with E-state index in [1.165, 1.54) is 6.33 Å². The Morgan fingerprint density at radius 1 is 1.15 bits per heavy atom. The average Bonchev–Trinajstić information content (AvgIpc) is 3.23. The van der Waals surface area contributed by atoms with Gasteiger partial charge in [-0.25, -0.2) is 14.6 Å². The van der Waals surface area contributed by atoms with Crippen LogP contribution in [0.3, 0.4) is 0 Å². The lowest BCUT2D eigenvalue weighted by Crippen LogP contribution is -2.49. The summed E-state index contributed by atoms with van der Waals surface area (Å²) in [6, 6.07) is 13.7. The molecule has 0 bridgehead atoms. The highest BCUT2D eigenvalue weighted by atomic mass is 16.2. The molecule has 1 saturated heterocycles. The summed E-state index contributed by atoms with van der Waals surface area (Å²) < 4.78 is 1.55. The monoisotopic (exact) mass is 348 g/mol. The predicted molar refractivity (Wildman–Crippen MR) is 96.9 cm³/mol. The summed E-state index contributed by atoms with van der Waals surface area (Å²) in [5, 5.41) is 4.08. The Bertz CT molecular complexity index is 880. The molecule has 0 saturated carbocycles. The van der Waals surface area contributed by atoms with Crippen LogP contribution in [0.4, 0.5) is 0 Å². The van der Waals surface area contributed by atoms with E-state index in [4.69, 9.17) is 0 Å². The van der Waals surface area contributed by atoms with Gasteiger partial charge in [-0.3, -0.25) is 4.79 Å². The lowest BCUT2D eigenvalue weighted by Gasteiger charge is -2.40. The van der Waals surface area contributed by atoms with Crippen LogP contribution in [0.2, 0.25) is 0 Å². The lowest BCUT2D eigenvalue weighted by molar-refractivity contribution is 0.0498. The molecular weight excluding hydrogens is 328 g/mol. The van der Waals surface area contributed by atoms with E-state index < -0.39 is 0 Å². The molecule has 1 fully saturated rings. The minimum Gasteiger partial charge on any atom is -0.329 e. The van der Waals surface area contributed by atoms with Gasteiger partial charge in [-0.05, 0) is 24.7 Å². The fourth-order valence-corrected chi connectivity index (χ4v) is 3.29. The summed E-state index contributed by atoms with van der Waals surface area (Å²) in [6.07, 6.45) is 4.65. The first kappa shape index (κ1) is 16.4. The summed E-state index contributed by atoms with van der Waals surface area (Å²) in [7, 11) is 2.09. The third kappa shape index (κ3) is 3.21. The van der Waals surface area contributed by atoms with E-state index >= 15 is 0 Å². The Kier molecular flexibility index (Phi) is 4.45. The highest BCUT2D eigenvalue weighted by molar-refractivity contribution is 5.95. The van der Waals surface area contributed by atoms with Crippen molar-refractivity contribution in [3.63, 3.8) is 0 Å². The van der Waals surface area contributed by atoms with Crippen LogP contribution < -0.4 is 0 Å². The molecule has 0 radical (unpaired) electrons. The van der Waals surface area contributed by atoms with Crippen molar-refractivity contribution in [3.05, 3.63) is 72.4 Å². The fraction of sp³-hybridized carbons (Fsp3) is 0.263. The second-order valence-electron chi connectivity index (χ2n) is 6.43. The van der Waals surface area contributed by atoms with Crippen molar-refractivity contribution in [2.45, 2.75) is 6.04 Å². The van der Waals surface area contributed by atoms with Gasteiger partial charge in [0.15, 0.2) is 5.82 Å². The normalized spacial score (nSPS) is 18.0. The highest BCUT2D eigenvalue weighted by Crippen LogP contribution is 2.26. The Morgan fingerprint density at radius 3 is 2.77 bits per heavy atom. The number of nitrogens with zero attached hydrogens (tertiary/aromatic N) is 6. The molecule has 1 aliphatic heterocycles. The maximum atomic E-state index is 13.2. The molecule has 0 N–H and O–H groups in total. The quantitative estimate of drug-likeness (QED) is 0.722. The molecule has 132 valence electrons. The summed E-state index contributed by atoms with van der Waals surface area (Å²) in [6.45, 7) is 2.36. The number of rotatable bonds is 3. The molecule has 0 aliphatic carbocycles. The number of hydrogen-bond acceptors (Lipinski definition) is 5. The maximum absolute atomic E-state index is 13.2. The van der Waals surface area contributed by atoms with Crippen LogP contribution in [0.1, 0.15) is 22.0 Å². The van der Waals surface area contributed by atoms with E-state index in [-0.39, 0.29) is 11.9 Å². The zero-order chi connectivity index (χ0) is 17.9. The molecule has 0 spiro atoms. The molecule has 2 aromatic heterocycles. The Labute approximate surface area is 151 Å². The molecule has 4 rings (SSSR count). The van der Waals surface area contributed by atoms with Crippen LogP contribution in [0, 0.1) is 0 Å². The van der Waals surface area contributed by atoms with E-state index in [0.29, 0.717) is 17.9 Å². The van der Waals surface area contributed by atoms with Gasteiger partial charge in [-0.15, -0.1) is 0 Å². The first-order chi connectivity index (χ1) is 12.7. The summed E-state index contributed by atoms with van der Waals surface area (Å²) >= 11 is 0. The third-order valence-electron chi connectivity index (χ3n) is 4.67. The van der Waals surface area contributed by atoms with E-state index in [0.717, 1.165) is 18.7 Å². The van der Waals surface area contributed by atoms with Gasteiger partial charge in [0.05, 0.1) is 6.04 Å². The van der Waals surface area contributed by atoms with E-state index in [9.17, 15) is 4.79 Å². The van der Waals surface area contributed by atoms with Gasteiger partial charge in [0.25, 0.3) is 5.91 Å². The molecule has 3 heterocycles.